The number of hydrogen-bond donors (Lipinski definition) is 1. The summed E-state index contributed by atoms with van der Waals surface area (Å²) in [5, 5.41) is 3.33. The first-order valence-corrected chi connectivity index (χ1v) is 8.31. The average Bonchev–Trinajstić information content (AvgIpc) is 2.91. The van der Waals surface area contributed by atoms with Gasteiger partial charge in [0.2, 0.25) is 11.6 Å². The van der Waals surface area contributed by atoms with Gasteiger partial charge in [0.1, 0.15) is 23.5 Å². The number of hydrogen-bond acceptors (Lipinski definition) is 4. The minimum Gasteiger partial charge on any atom is -0.443 e. The molecule has 0 fully saturated rings. The summed E-state index contributed by atoms with van der Waals surface area (Å²) in [7, 11) is 0. The molecule has 6 heteroatoms. The van der Waals surface area contributed by atoms with Crippen molar-refractivity contribution in [2.45, 2.75) is 39.8 Å². The van der Waals surface area contributed by atoms with Gasteiger partial charge in [-0.1, -0.05) is 37.3 Å². The topological polar surface area (TPSA) is 77.1 Å². The summed E-state index contributed by atoms with van der Waals surface area (Å²) in [6, 6.07) is 9.05. The summed E-state index contributed by atoms with van der Waals surface area (Å²) in [6.07, 6.45) is 1.88. The lowest BCUT2D eigenvalue weighted by Gasteiger charge is -2.17. The van der Waals surface area contributed by atoms with Crippen LogP contribution in [-0.4, -0.2) is 15.5 Å². The molecule has 2 aromatic heterocycles. The normalized spacial score (nSPS) is 12.3. The summed E-state index contributed by atoms with van der Waals surface area (Å²) in [5.74, 6) is 0.464. The van der Waals surface area contributed by atoms with Gasteiger partial charge >= 0.3 is 0 Å². The van der Waals surface area contributed by atoms with Crippen LogP contribution in [0.3, 0.4) is 0 Å². The molecule has 25 heavy (non-hydrogen) atoms. The molecule has 0 spiro atoms. The Hall–Kier alpha value is -2.89. The molecule has 0 aliphatic carbocycles. The second-order valence-electron chi connectivity index (χ2n) is 6.05. The van der Waals surface area contributed by atoms with Crippen molar-refractivity contribution in [2.24, 2.45) is 0 Å². The van der Waals surface area contributed by atoms with Crippen LogP contribution in [0.4, 0.5) is 0 Å². The van der Waals surface area contributed by atoms with Crippen LogP contribution in [-0.2, 0) is 11.3 Å². The van der Waals surface area contributed by atoms with Crippen molar-refractivity contribution < 1.29 is 9.21 Å². The zero-order chi connectivity index (χ0) is 18.0. The van der Waals surface area contributed by atoms with Crippen molar-refractivity contribution in [3.63, 3.8) is 0 Å². The van der Waals surface area contributed by atoms with E-state index in [0.717, 1.165) is 11.1 Å². The molecule has 130 valence electrons. The molecule has 3 rings (SSSR count). The van der Waals surface area contributed by atoms with Crippen molar-refractivity contribution in [1.82, 2.24) is 14.9 Å². The summed E-state index contributed by atoms with van der Waals surface area (Å²) < 4.78 is 6.88. The van der Waals surface area contributed by atoms with Gasteiger partial charge in [0.15, 0.2) is 0 Å². The average molecular weight is 339 g/mol. The van der Waals surface area contributed by atoms with Crippen LogP contribution in [0, 0.1) is 13.8 Å². The molecule has 0 saturated heterocycles. The van der Waals surface area contributed by atoms with Crippen molar-refractivity contribution >= 4 is 17.0 Å². The second kappa shape index (κ2) is 6.93. The van der Waals surface area contributed by atoms with Crippen molar-refractivity contribution in [3.05, 3.63) is 63.9 Å². The maximum Gasteiger partial charge on any atom is 0.265 e. The van der Waals surface area contributed by atoms with E-state index < -0.39 is 6.04 Å². The van der Waals surface area contributed by atoms with Crippen LogP contribution in [0.25, 0.3) is 11.1 Å². The number of furan rings is 1. The summed E-state index contributed by atoms with van der Waals surface area (Å²) >= 11 is 0. The van der Waals surface area contributed by atoms with Crippen LogP contribution in [0.1, 0.15) is 36.3 Å². The van der Waals surface area contributed by atoms with E-state index in [1.807, 2.05) is 44.2 Å². The van der Waals surface area contributed by atoms with E-state index in [0.29, 0.717) is 29.8 Å². The van der Waals surface area contributed by atoms with Gasteiger partial charge in [0, 0.05) is 12.1 Å². The highest BCUT2D eigenvalue weighted by molar-refractivity contribution is 5.81. The lowest BCUT2D eigenvalue weighted by atomic mass is 10.1. The predicted molar refractivity (Wildman–Crippen MR) is 95.4 cm³/mol. The van der Waals surface area contributed by atoms with E-state index in [1.54, 1.807) is 6.92 Å². The third-order valence-electron chi connectivity index (χ3n) is 4.45. The first kappa shape index (κ1) is 17.0. The van der Waals surface area contributed by atoms with Gasteiger partial charge in [-0.05, 0) is 25.8 Å². The van der Waals surface area contributed by atoms with Gasteiger partial charge in [0.25, 0.3) is 5.56 Å². The van der Waals surface area contributed by atoms with Crippen molar-refractivity contribution in [1.29, 1.82) is 0 Å². The van der Waals surface area contributed by atoms with Gasteiger partial charge in [-0.3, -0.25) is 14.2 Å². The van der Waals surface area contributed by atoms with Gasteiger partial charge in [-0.25, -0.2) is 4.98 Å². The first-order valence-electron chi connectivity index (χ1n) is 8.31. The third-order valence-corrected chi connectivity index (χ3v) is 4.45. The Kier molecular flexibility index (Phi) is 4.70. The van der Waals surface area contributed by atoms with E-state index >= 15 is 0 Å². The van der Waals surface area contributed by atoms with E-state index in [9.17, 15) is 9.59 Å². The van der Waals surface area contributed by atoms with Gasteiger partial charge in [0.05, 0.1) is 0 Å². The van der Waals surface area contributed by atoms with Crippen LogP contribution in [0.15, 0.2) is 45.9 Å². The highest BCUT2D eigenvalue weighted by Gasteiger charge is 2.22. The molecule has 0 unspecified atom stereocenters. The van der Waals surface area contributed by atoms with Gasteiger partial charge in [-0.2, -0.15) is 0 Å². The molecular formula is C19H21N3O3. The number of fused-ring (bicyclic) bond motifs is 1. The Morgan fingerprint density at radius 1 is 1.28 bits per heavy atom. The SMILES string of the molecule is CC[C@H](C(=O)NCc1ccccc1)n1cnc2oc(C)c(C)c2c1=O. The van der Waals surface area contributed by atoms with Crippen LogP contribution in [0.5, 0.6) is 0 Å². The van der Waals surface area contributed by atoms with Gasteiger partial charge < -0.3 is 9.73 Å². The fraction of sp³-hybridized carbons (Fsp3) is 0.316. The van der Waals surface area contributed by atoms with Crippen LogP contribution >= 0.6 is 0 Å². The smallest absolute Gasteiger partial charge is 0.265 e. The zero-order valence-corrected chi connectivity index (χ0v) is 14.6. The molecule has 0 aliphatic heterocycles. The fourth-order valence-corrected chi connectivity index (χ4v) is 2.88. The minimum atomic E-state index is -0.609. The molecule has 2 heterocycles. The highest BCUT2D eigenvalue weighted by Crippen LogP contribution is 2.20. The molecular weight excluding hydrogens is 318 g/mol. The molecule has 0 aliphatic rings. The number of rotatable bonds is 5. The molecule has 1 aromatic carbocycles. The molecule has 1 N–H and O–H groups in total. The highest BCUT2D eigenvalue weighted by atomic mass is 16.3. The Morgan fingerprint density at radius 3 is 2.68 bits per heavy atom. The first-order chi connectivity index (χ1) is 12.0. The zero-order valence-electron chi connectivity index (χ0n) is 14.6. The summed E-state index contributed by atoms with van der Waals surface area (Å²) in [6.45, 7) is 5.91. The Labute approximate surface area is 145 Å². The molecule has 0 radical (unpaired) electrons. The van der Waals surface area contributed by atoms with Crippen LogP contribution in [0.2, 0.25) is 0 Å². The van der Waals surface area contributed by atoms with Crippen molar-refractivity contribution in [2.75, 3.05) is 0 Å². The lowest BCUT2D eigenvalue weighted by Crippen LogP contribution is -2.36. The van der Waals surface area contributed by atoms with E-state index in [2.05, 4.69) is 10.3 Å². The number of nitrogens with one attached hydrogen (secondary N) is 1. The lowest BCUT2D eigenvalue weighted by molar-refractivity contribution is -0.124. The molecule has 3 aromatic rings. The number of amides is 1. The third kappa shape index (κ3) is 3.20. The monoisotopic (exact) mass is 339 g/mol. The Morgan fingerprint density at radius 2 is 2.00 bits per heavy atom. The number of benzene rings is 1. The fourth-order valence-electron chi connectivity index (χ4n) is 2.88. The molecule has 6 nitrogen and oxygen atoms in total. The number of carbonyl (C=O) groups excluding carboxylic acids is 1. The number of aryl methyl sites for hydroxylation is 2. The van der Waals surface area contributed by atoms with Gasteiger partial charge in [-0.15, -0.1) is 0 Å². The largest absolute Gasteiger partial charge is 0.443 e. The number of carbonyl (C=O) groups is 1. The van der Waals surface area contributed by atoms with Crippen LogP contribution < -0.4 is 10.9 Å². The number of nitrogens with zero attached hydrogens (tertiary/aromatic N) is 2. The molecule has 0 saturated carbocycles. The Balaban J connectivity index is 1.89. The number of aromatic nitrogens is 2. The van der Waals surface area contributed by atoms with Crippen molar-refractivity contribution in [3.8, 4) is 0 Å². The molecule has 0 bridgehead atoms. The van der Waals surface area contributed by atoms with E-state index in [-0.39, 0.29) is 11.5 Å². The minimum absolute atomic E-state index is 0.201. The summed E-state index contributed by atoms with van der Waals surface area (Å²) in [4.78, 5) is 29.6. The second-order valence-corrected chi connectivity index (χ2v) is 6.05. The summed E-state index contributed by atoms with van der Waals surface area (Å²) in [5.41, 5.74) is 1.84. The van der Waals surface area contributed by atoms with E-state index in [1.165, 1.54) is 10.9 Å². The predicted octanol–water partition coefficient (Wildman–Crippen LogP) is 2.87. The standard InChI is InChI=1S/C19H21N3O3/c1-4-15(17(23)20-10-14-8-6-5-7-9-14)22-11-21-18-16(19(22)24)12(2)13(3)25-18/h5-9,11,15H,4,10H2,1-3H3,(H,20,23)/t15-/m1/s1. The maximum absolute atomic E-state index is 12.8. The maximum atomic E-state index is 12.8. The quantitative estimate of drug-likeness (QED) is 0.775. The van der Waals surface area contributed by atoms with E-state index in [4.69, 9.17) is 4.42 Å². The molecule has 1 atom stereocenters. The molecule has 1 amide bonds. The Bertz CT molecular complexity index is 957.